The summed E-state index contributed by atoms with van der Waals surface area (Å²) in [5.41, 5.74) is -0.724. The maximum atomic E-state index is 14.0. The van der Waals surface area contributed by atoms with Gasteiger partial charge in [0.1, 0.15) is 5.82 Å². The van der Waals surface area contributed by atoms with Crippen molar-refractivity contribution in [3.8, 4) is 0 Å². The first kappa shape index (κ1) is 14.6. The van der Waals surface area contributed by atoms with Gasteiger partial charge in [0, 0.05) is 19.1 Å². The Kier molecular flexibility index (Phi) is 3.82. The molecule has 1 saturated carbocycles. The van der Waals surface area contributed by atoms with Gasteiger partial charge in [-0.1, -0.05) is 0 Å². The summed E-state index contributed by atoms with van der Waals surface area (Å²) in [6.45, 7) is 1.98. The largest absolute Gasteiger partial charge is 0.416 e. The molecule has 2 aliphatic rings. The topological polar surface area (TPSA) is 15.3 Å². The van der Waals surface area contributed by atoms with Crippen molar-refractivity contribution in [2.24, 2.45) is 5.92 Å². The molecule has 1 saturated heterocycles. The highest BCUT2D eigenvalue weighted by Gasteiger charge is 2.35. The number of rotatable bonds is 2. The molecule has 1 aliphatic heterocycles. The van der Waals surface area contributed by atoms with Gasteiger partial charge < -0.3 is 10.2 Å². The third kappa shape index (κ3) is 3.31. The molecule has 0 aromatic heterocycles. The first-order valence-electron chi connectivity index (χ1n) is 7.30. The van der Waals surface area contributed by atoms with Crippen molar-refractivity contribution in [2.75, 3.05) is 24.5 Å². The number of hydrogen-bond donors (Lipinski definition) is 1. The van der Waals surface area contributed by atoms with E-state index in [1.54, 1.807) is 4.90 Å². The Morgan fingerprint density at radius 3 is 2.62 bits per heavy atom. The number of halogens is 4. The highest BCUT2D eigenvalue weighted by molar-refractivity contribution is 5.51. The lowest BCUT2D eigenvalue weighted by Crippen LogP contribution is -2.39. The van der Waals surface area contributed by atoms with Crippen molar-refractivity contribution in [2.45, 2.75) is 31.5 Å². The Morgan fingerprint density at radius 1 is 1.19 bits per heavy atom. The maximum Gasteiger partial charge on any atom is 0.416 e. The Balaban J connectivity index is 1.86. The quantitative estimate of drug-likeness (QED) is 0.842. The van der Waals surface area contributed by atoms with Crippen LogP contribution in [0, 0.1) is 11.7 Å². The molecule has 0 amide bonds. The molecule has 1 aromatic carbocycles. The minimum atomic E-state index is -4.44. The Hall–Kier alpha value is -1.30. The summed E-state index contributed by atoms with van der Waals surface area (Å²) >= 11 is 0. The van der Waals surface area contributed by atoms with Crippen LogP contribution in [-0.2, 0) is 6.18 Å². The van der Waals surface area contributed by atoms with Gasteiger partial charge >= 0.3 is 6.18 Å². The molecule has 1 heterocycles. The summed E-state index contributed by atoms with van der Waals surface area (Å²) in [4.78, 5) is 1.76. The molecule has 0 bridgehead atoms. The predicted octanol–water partition coefficient (Wildman–Crippen LogP) is 3.42. The minimum Gasteiger partial charge on any atom is -0.368 e. The molecule has 3 rings (SSSR count). The number of alkyl halides is 3. The summed E-state index contributed by atoms with van der Waals surface area (Å²) in [7, 11) is 0. The number of anilines is 1. The molecule has 2 fully saturated rings. The third-order valence-electron chi connectivity index (χ3n) is 4.23. The lowest BCUT2D eigenvalue weighted by Gasteiger charge is -2.27. The summed E-state index contributed by atoms with van der Waals surface area (Å²) in [5, 5.41) is 3.42. The van der Waals surface area contributed by atoms with E-state index in [0.29, 0.717) is 19.0 Å². The number of nitrogens with one attached hydrogen (secondary N) is 1. The van der Waals surface area contributed by atoms with Gasteiger partial charge in [-0.25, -0.2) is 4.39 Å². The van der Waals surface area contributed by atoms with Crippen LogP contribution >= 0.6 is 0 Å². The fourth-order valence-corrected chi connectivity index (χ4v) is 2.92. The monoisotopic (exact) mass is 302 g/mol. The van der Waals surface area contributed by atoms with Crippen LogP contribution in [0.3, 0.4) is 0 Å². The average Bonchev–Trinajstić information content (AvgIpc) is 3.24. The molecular formula is C15H18F4N2. The molecule has 1 unspecified atom stereocenters. The fraction of sp³-hybridized carbons (Fsp3) is 0.600. The zero-order valence-electron chi connectivity index (χ0n) is 11.6. The second kappa shape index (κ2) is 5.48. The van der Waals surface area contributed by atoms with Crippen LogP contribution in [0.1, 0.15) is 24.8 Å². The van der Waals surface area contributed by atoms with Crippen LogP contribution in [0.2, 0.25) is 0 Å². The Morgan fingerprint density at radius 2 is 1.95 bits per heavy atom. The molecule has 0 spiro atoms. The predicted molar refractivity (Wildman–Crippen MR) is 72.7 cm³/mol. The lowest BCUT2D eigenvalue weighted by molar-refractivity contribution is -0.137. The van der Waals surface area contributed by atoms with Crippen LogP contribution in [-0.4, -0.2) is 25.7 Å². The summed E-state index contributed by atoms with van der Waals surface area (Å²) in [6.07, 6.45) is -1.34. The molecule has 2 nitrogen and oxygen atoms in total. The highest BCUT2D eigenvalue weighted by atomic mass is 19.4. The third-order valence-corrected chi connectivity index (χ3v) is 4.23. The van der Waals surface area contributed by atoms with Crippen molar-refractivity contribution < 1.29 is 17.6 Å². The first-order chi connectivity index (χ1) is 9.95. The van der Waals surface area contributed by atoms with Gasteiger partial charge in [-0.05, 0) is 49.9 Å². The van der Waals surface area contributed by atoms with Gasteiger partial charge in [0.25, 0.3) is 0 Å². The molecule has 6 heteroatoms. The van der Waals surface area contributed by atoms with E-state index in [9.17, 15) is 17.6 Å². The maximum absolute atomic E-state index is 14.0. The van der Waals surface area contributed by atoms with E-state index >= 15 is 0 Å². The number of hydrogen-bond acceptors (Lipinski definition) is 2. The van der Waals surface area contributed by atoms with Gasteiger partial charge in [0.15, 0.2) is 0 Å². The SMILES string of the molecule is Fc1ccc(C(F)(F)F)cc1N1CCCNC(C2CC2)C1. The van der Waals surface area contributed by atoms with Gasteiger partial charge in [0.05, 0.1) is 11.3 Å². The standard InChI is InChI=1S/C15H18F4N2/c16-12-5-4-11(15(17,18)19)8-14(12)21-7-1-6-20-13(9-21)10-2-3-10/h4-5,8,10,13,20H,1-3,6-7,9H2. The molecule has 1 aliphatic carbocycles. The van der Waals surface area contributed by atoms with Crippen molar-refractivity contribution in [3.63, 3.8) is 0 Å². The highest BCUT2D eigenvalue weighted by Crippen LogP contribution is 2.36. The molecule has 1 N–H and O–H groups in total. The second-order valence-corrected chi connectivity index (χ2v) is 5.86. The van der Waals surface area contributed by atoms with E-state index in [-0.39, 0.29) is 11.7 Å². The fourth-order valence-electron chi connectivity index (χ4n) is 2.92. The zero-order chi connectivity index (χ0) is 15.0. The van der Waals surface area contributed by atoms with Crippen LogP contribution in [0.25, 0.3) is 0 Å². The molecule has 1 atom stereocenters. The van der Waals surface area contributed by atoms with E-state index in [1.165, 1.54) is 0 Å². The van der Waals surface area contributed by atoms with E-state index in [0.717, 1.165) is 44.0 Å². The number of nitrogens with zero attached hydrogens (tertiary/aromatic N) is 1. The van der Waals surface area contributed by atoms with Gasteiger partial charge in [0.2, 0.25) is 0 Å². The molecule has 0 radical (unpaired) electrons. The molecular weight excluding hydrogens is 284 g/mol. The van der Waals surface area contributed by atoms with Crippen molar-refractivity contribution in [3.05, 3.63) is 29.6 Å². The molecule has 1 aromatic rings. The summed E-state index contributed by atoms with van der Waals surface area (Å²) in [5.74, 6) is -0.00101. The smallest absolute Gasteiger partial charge is 0.368 e. The molecule has 21 heavy (non-hydrogen) atoms. The first-order valence-corrected chi connectivity index (χ1v) is 7.30. The van der Waals surface area contributed by atoms with Gasteiger partial charge in [-0.3, -0.25) is 0 Å². The van der Waals surface area contributed by atoms with Crippen molar-refractivity contribution in [1.29, 1.82) is 0 Å². The van der Waals surface area contributed by atoms with E-state index in [4.69, 9.17) is 0 Å². The van der Waals surface area contributed by atoms with Crippen molar-refractivity contribution in [1.82, 2.24) is 5.32 Å². The van der Waals surface area contributed by atoms with Crippen molar-refractivity contribution >= 4 is 5.69 Å². The minimum absolute atomic E-state index is 0.0687. The van der Waals surface area contributed by atoms with Crippen LogP contribution in [0.15, 0.2) is 18.2 Å². The molecule has 116 valence electrons. The van der Waals surface area contributed by atoms with E-state index < -0.39 is 17.6 Å². The lowest BCUT2D eigenvalue weighted by atomic mass is 10.1. The Bertz CT molecular complexity index is 511. The van der Waals surface area contributed by atoms with Gasteiger partial charge in [-0.2, -0.15) is 13.2 Å². The summed E-state index contributed by atoms with van der Waals surface area (Å²) in [6, 6.07) is 2.90. The van der Waals surface area contributed by atoms with Crippen LogP contribution < -0.4 is 10.2 Å². The zero-order valence-corrected chi connectivity index (χ0v) is 11.6. The average molecular weight is 302 g/mol. The van der Waals surface area contributed by atoms with E-state index in [2.05, 4.69) is 5.32 Å². The Labute approximate surface area is 121 Å². The van der Waals surface area contributed by atoms with Gasteiger partial charge in [-0.15, -0.1) is 0 Å². The number of benzene rings is 1. The van der Waals surface area contributed by atoms with Crippen LogP contribution in [0.5, 0.6) is 0 Å². The normalized spacial score (nSPS) is 24.0. The van der Waals surface area contributed by atoms with E-state index in [1.807, 2.05) is 0 Å². The van der Waals surface area contributed by atoms with Crippen LogP contribution in [0.4, 0.5) is 23.2 Å². The second-order valence-electron chi connectivity index (χ2n) is 5.86. The summed E-state index contributed by atoms with van der Waals surface area (Å²) < 4.78 is 52.4.